The van der Waals surface area contributed by atoms with Gasteiger partial charge in [-0.25, -0.2) is 4.98 Å². The first-order chi connectivity index (χ1) is 7.63. The van der Waals surface area contributed by atoms with Crippen LogP contribution >= 0.6 is 0 Å². The number of aromatic nitrogens is 1. The number of rotatable bonds is 5. The fourth-order valence-electron chi connectivity index (χ4n) is 1.41. The van der Waals surface area contributed by atoms with Gasteiger partial charge in [0, 0.05) is 31.4 Å². The van der Waals surface area contributed by atoms with Gasteiger partial charge in [-0.1, -0.05) is 6.07 Å². The molecular formula is C12H18N4. The van der Waals surface area contributed by atoms with Crippen LogP contribution in [-0.4, -0.2) is 49.0 Å². The van der Waals surface area contributed by atoms with Crippen molar-refractivity contribution >= 4 is 0 Å². The molecule has 1 aromatic heterocycles. The maximum absolute atomic E-state index is 8.91. The first-order valence-electron chi connectivity index (χ1n) is 5.30. The zero-order valence-corrected chi connectivity index (χ0v) is 10.1. The molecule has 0 aliphatic rings. The van der Waals surface area contributed by atoms with Gasteiger partial charge in [-0.15, -0.1) is 0 Å². The number of pyridine rings is 1. The number of nitriles is 1. The molecule has 1 aromatic rings. The molecular weight excluding hydrogens is 200 g/mol. The molecule has 0 spiro atoms. The summed E-state index contributed by atoms with van der Waals surface area (Å²) in [5.41, 5.74) is 1.52. The smallest absolute Gasteiger partial charge is 0.144 e. The molecule has 4 nitrogen and oxygen atoms in total. The van der Waals surface area contributed by atoms with Gasteiger partial charge in [0.1, 0.15) is 11.8 Å². The van der Waals surface area contributed by atoms with E-state index in [1.165, 1.54) is 0 Å². The van der Waals surface area contributed by atoms with Gasteiger partial charge in [-0.2, -0.15) is 5.26 Å². The fourth-order valence-corrected chi connectivity index (χ4v) is 1.41. The van der Waals surface area contributed by atoms with Crippen molar-refractivity contribution in [2.45, 2.75) is 6.54 Å². The van der Waals surface area contributed by atoms with Crippen molar-refractivity contribution in [3.8, 4) is 6.07 Å². The summed E-state index contributed by atoms with van der Waals surface area (Å²) in [6.07, 6.45) is 1.65. The second-order valence-corrected chi connectivity index (χ2v) is 4.16. The van der Waals surface area contributed by atoms with Crippen LogP contribution in [0.15, 0.2) is 18.3 Å². The molecule has 0 atom stereocenters. The maximum atomic E-state index is 8.91. The number of hydrogen-bond donors (Lipinski definition) is 0. The molecule has 0 fully saturated rings. The average molecular weight is 218 g/mol. The van der Waals surface area contributed by atoms with E-state index in [4.69, 9.17) is 5.26 Å². The van der Waals surface area contributed by atoms with E-state index < -0.39 is 0 Å². The number of hydrogen-bond acceptors (Lipinski definition) is 4. The summed E-state index contributed by atoms with van der Waals surface area (Å²) in [7, 11) is 6.16. The standard InChI is InChI=1S/C12H18N4/c1-15(2)7-8-16(3)10-11-5-4-6-14-12(11)9-13/h4-6H,7-8,10H2,1-3H3. The van der Waals surface area contributed by atoms with Crippen LogP contribution in [0.2, 0.25) is 0 Å². The van der Waals surface area contributed by atoms with Crippen molar-refractivity contribution in [3.05, 3.63) is 29.6 Å². The highest BCUT2D eigenvalue weighted by atomic mass is 15.1. The zero-order chi connectivity index (χ0) is 12.0. The summed E-state index contributed by atoms with van der Waals surface area (Å²) >= 11 is 0. The summed E-state index contributed by atoms with van der Waals surface area (Å²) in [5.74, 6) is 0. The summed E-state index contributed by atoms with van der Waals surface area (Å²) < 4.78 is 0. The molecule has 4 heteroatoms. The van der Waals surface area contributed by atoms with Crippen LogP contribution in [0.5, 0.6) is 0 Å². The van der Waals surface area contributed by atoms with Gasteiger partial charge in [-0.05, 0) is 27.2 Å². The van der Waals surface area contributed by atoms with Gasteiger partial charge in [0.2, 0.25) is 0 Å². The Hall–Kier alpha value is -1.44. The zero-order valence-electron chi connectivity index (χ0n) is 10.1. The van der Waals surface area contributed by atoms with Crippen molar-refractivity contribution in [3.63, 3.8) is 0 Å². The van der Waals surface area contributed by atoms with Crippen molar-refractivity contribution in [2.24, 2.45) is 0 Å². The first-order valence-corrected chi connectivity index (χ1v) is 5.30. The Morgan fingerprint density at radius 3 is 2.69 bits per heavy atom. The molecule has 0 aromatic carbocycles. The molecule has 0 N–H and O–H groups in total. The molecule has 1 heterocycles. The molecule has 1 rings (SSSR count). The van der Waals surface area contributed by atoms with E-state index in [2.05, 4.69) is 42.0 Å². The Bertz CT molecular complexity index is 368. The van der Waals surface area contributed by atoms with Gasteiger partial charge in [0.15, 0.2) is 0 Å². The predicted octanol–water partition coefficient (Wildman–Crippen LogP) is 0.947. The van der Waals surface area contributed by atoms with E-state index in [1.54, 1.807) is 6.20 Å². The van der Waals surface area contributed by atoms with Crippen LogP contribution in [0.4, 0.5) is 0 Å². The highest BCUT2D eigenvalue weighted by Crippen LogP contribution is 2.06. The normalized spacial score (nSPS) is 10.8. The second-order valence-electron chi connectivity index (χ2n) is 4.16. The van der Waals surface area contributed by atoms with Crippen LogP contribution < -0.4 is 0 Å². The van der Waals surface area contributed by atoms with Crippen LogP contribution in [0.1, 0.15) is 11.3 Å². The summed E-state index contributed by atoms with van der Waals surface area (Å²) in [6.45, 7) is 2.76. The largest absolute Gasteiger partial charge is 0.308 e. The van der Waals surface area contributed by atoms with Crippen molar-refractivity contribution in [1.82, 2.24) is 14.8 Å². The Kier molecular flexibility index (Phi) is 4.90. The summed E-state index contributed by atoms with van der Waals surface area (Å²) in [5, 5.41) is 8.91. The lowest BCUT2D eigenvalue weighted by Gasteiger charge is -2.19. The molecule has 0 aliphatic heterocycles. The van der Waals surface area contributed by atoms with Gasteiger partial charge >= 0.3 is 0 Å². The topological polar surface area (TPSA) is 43.2 Å². The van der Waals surface area contributed by atoms with E-state index in [9.17, 15) is 0 Å². The summed E-state index contributed by atoms with van der Waals surface area (Å²) in [4.78, 5) is 8.38. The third-order valence-electron chi connectivity index (χ3n) is 2.37. The Morgan fingerprint density at radius 2 is 2.06 bits per heavy atom. The second kappa shape index (κ2) is 6.21. The molecule has 0 unspecified atom stereocenters. The number of likely N-dealkylation sites (N-methyl/N-ethyl adjacent to an activating group) is 2. The molecule has 86 valence electrons. The van der Waals surface area contributed by atoms with Gasteiger partial charge in [0.25, 0.3) is 0 Å². The van der Waals surface area contributed by atoms with Gasteiger partial charge < -0.3 is 9.80 Å². The van der Waals surface area contributed by atoms with E-state index in [0.29, 0.717) is 5.69 Å². The lowest BCUT2D eigenvalue weighted by molar-refractivity contribution is 0.276. The van der Waals surface area contributed by atoms with Crippen molar-refractivity contribution in [1.29, 1.82) is 5.26 Å². The minimum atomic E-state index is 0.527. The first kappa shape index (κ1) is 12.6. The molecule has 0 bridgehead atoms. The molecule has 16 heavy (non-hydrogen) atoms. The van der Waals surface area contributed by atoms with Crippen LogP contribution in [0.25, 0.3) is 0 Å². The molecule has 0 saturated heterocycles. The van der Waals surface area contributed by atoms with Crippen LogP contribution in [-0.2, 0) is 6.54 Å². The van der Waals surface area contributed by atoms with E-state index in [1.807, 2.05) is 12.1 Å². The maximum Gasteiger partial charge on any atom is 0.144 e. The van der Waals surface area contributed by atoms with Gasteiger partial charge in [-0.3, -0.25) is 0 Å². The average Bonchev–Trinajstić information content (AvgIpc) is 2.27. The van der Waals surface area contributed by atoms with E-state index in [-0.39, 0.29) is 0 Å². The van der Waals surface area contributed by atoms with Gasteiger partial charge in [0.05, 0.1) is 0 Å². The molecule has 0 saturated carbocycles. The SMILES string of the molecule is CN(C)CCN(C)Cc1cccnc1C#N. The Balaban J connectivity index is 2.56. The lowest BCUT2D eigenvalue weighted by Crippen LogP contribution is -2.28. The Morgan fingerprint density at radius 1 is 1.31 bits per heavy atom. The quantitative estimate of drug-likeness (QED) is 0.738. The fraction of sp³-hybridized carbons (Fsp3) is 0.500. The minimum Gasteiger partial charge on any atom is -0.308 e. The monoisotopic (exact) mass is 218 g/mol. The third-order valence-corrected chi connectivity index (χ3v) is 2.37. The predicted molar refractivity (Wildman–Crippen MR) is 63.8 cm³/mol. The Labute approximate surface area is 97.1 Å². The highest BCUT2D eigenvalue weighted by molar-refractivity contribution is 5.30. The number of nitrogens with zero attached hydrogens (tertiary/aromatic N) is 4. The van der Waals surface area contributed by atoms with Crippen LogP contribution in [0, 0.1) is 11.3 Å². The van der Waals surface area contributed by atoms with Crippen molar-refractivity contribution in [2.75, 3.05) is 34.2 Å². The van der Waals surface area contributed by atoms with E-state index in [0.717, 1.165) is 25.2 Å². The third kappa shape index (κ3) is 3.97. The van der Waals surface area contributed by atoms with Crippen LogP contribution in [0.3, 0.4) is 0 Å². The van der Waals surface area contributed by atoms with Crippen molar-refractivity contribution < 1.29 is 0 Å². The van der Waals surface area contributed by atoms with E-state index >= 15 is 0 Å². The minimum absolute atomic E-state index is 0.527. The lowest BCUT2D eigenvalue weighted by atomic mass is 10.2. The molecule has 0 amide bonds. The summed E-state index contributed by atoms with van der Waals surface area (Å²) in [6, 6.07) is 5.94. The molecule has 0 radical (unpaired) electrons. The highest BCUT2D eigenvalue weighted by Gasteiger charge is 2.05. The molecule has 0 aliphatic carbocycles.